The lowest BCUT2D eigenvalue weighted by atomic mass is 9.70. The van der Waals surface area contributed by atoms with Gasteiger partial charge in [-0.25, -0.2) is 0 Å². The zero-order valence-corrected chi connectivity index (χ0v) is 16.4. The van der Waals surface area contributed by atoms with Gasteiger partial charge in [-0.1, -0.05) is 40.4 Å². The van der Waals surface area contributed by atoms with Crippen molar-refractivity contribution in [1.82, 2.24) is 0 Å². The highest BCUT2D eigenvalue weighted by atomic mass is 28.4. The Balaban J connectivity index is 2.10. The van der Waals surface area contributed by atoms with Crippen LogP contribution in [-0.2, 0) is 4.43 Å². The van der Waals surface area contributed by atoms with Crippen molar-refractivity contribution in [3.8, 4) is 0 Å². The fraction of sp³-hybridized carbons (Fsp3) is 1.00. The minimum absolute atomic E-state index is 0.432. The van der Waals surface area contributed by atoms with Crippen molar-refractivity contribution in [2.45, 2.75) is 84.5 Å². The molecule has 19 heavy (non-hydrogen) atoms. The van der Waals surface area contributed by atoms with E-state index < -0.39 is 16.4 Å². The number of fused-ring (bicyclic) bond motifs is 2. The Morgan fingerprint density at radius 3 is 2.00 bits per heavy atom. The molecular formula is C16H34OSi2. The van der Waals surface area contributed by atoms with Crippen LogP contribution in [0.1, 0.15) is 40.0 Å². The molecule has 0 radical (unpaired) electrons. The Morgan fingerprint density at radius 1 is 1.05 bits per heavy atom. The summed E-state index contributed by atoms with van der Waals surface area (Å²) < 4.78 is 6.82. The highest BCUT2D eigenvalue weighted by Crippen LogP contribution is 2.66. The van der Waals surface area contributed by atoms with E-state index in [1.54, 1.807) is 0 Å². The fourth-order valence-electron chi connectivity index (χ4n) is 5.01. The molecule has 2 aliphatic carbocycles. The molecule has 2 saturated carbocycles. The molecule has 0 N–H and O–H groups in total. The predicted octanol–water partition coefficient (Wildman–Crippen LogP) is 5.30. The van der Waals surface area contributed by atoms with Gasteiger partial charge in [0.2, 0.25) is 0 Å². The van der Waals surface area contributed by atoms with Crippen molar-refractivity contribution in [2.24, 2.45) is 16.7 Å². The monoisotopic (exact) mass is 298 g/mol. The summed E-state index contributed by atoms with van der Waals surface area (Å²) in [7, 11) is -2.50. The van der Waals surface area contributed by atoms with Gasteiger partial charge < -0.3 is 4.43 Å². The fourth-order valence-corrected chi connectivity index (χ4v) is 16.7. The van der Waals surface area contributed by atoms with Crippen LogP contribution in [0, 0.1) is 16.7 Å². The molecule has 2 aliphatic rings. The minimum atomic E-state index is -1.49. The summed E-state index contributed by atoms with van der Waals surface area (Å²) in [6.45, 7) is 19.8. The van der Waals surface area contributed by atoms with Crippen LogP contribution in [0.5, 0.6) is 0 Å². The first-order valence-electron chi connectivity index (χ1n) is 8.05. The summed E-state index contributed by atoms with van der Waals surface area (Å²) in [4.78, 5) is 0. The molecule has 0 aromatic heterocycles. The quantitative estimate of drug-likeness (QED) is 0.640. The molecule has 0 aromatic rings. The third-order valence-electron chi connectivity index (χ3n) is 6.13. The number of hydrogen-bond acceptors (Lipinski definition) is 1. The van der Waals surface area contributed by atoms with Crippen molar-refractivity contribution in [2.75, 3.05) is 0 Å². The van der Waals surface area contributed by atoms with Gasteiger partial charge in [-0.15, -0.1) is 0 Å². The minimum Gasteiger partial charge on any atom is -0.414 e. The standard InChI is InChI=1S/C16H34OSi2/c1-15(2)13-9-10-16(15,3)14(11-13)17-19(7,8)12-18(4,5)6/h13-14H,9-12H2,1-8H3. The maximum Gasteiger partial charge on any atom is 0.184 e. The second-order valence-corrected chi connectivity index (χ2v) is 20.0. The summed E-state index contributed by atoms with van der Waals surface area (Å²) in [5.74, 6) is 0.902. The zero-order chi connectivity index (χ0) is 14.7. The van der Waals surface area contributed by atoms with Crippen LogP contribution < -0.4 is 0 Å². The maximum absolute atomic E-state index is 6.82. The molecule has 0 aliphatic heterocycles. The van der Waals surface area contributed by atoms with E-state index in [0.717, 1.165) is 5.92 Å². The van der Waals surface area contributed by atoms with E-state index in [4.69, 9.17) is 4.43 Å². The molecular weight excluding hydrogens is 264 g/mol. The second-order valence-electron chi connectivity index (χ2n) is 9.71. The highest BCUT2D eigenvalue weighted by Gasteiger charge is 2.62. The highest BCUT2D eigenvalue weighted by molar-refractivity contribution is 6.92. The van der Waals surface area contributed by atoms with E-state index in [2.05, 4.69) is 53.5 Å². The van der Waals surface area contributed by atoms with Gasteiger partial charge in [-0.2, -0.15) is 0 Å². The molecule has 2 rings (SSSR count). The maximum atomic E-state index is 6.82. The van der Waals surface area contributed by atoms with Crippen LogP contribution in [-0.4, -0.2) is 22.5 Å². The molecule has 0 heterocycles. The van der Waals surface area contributed by atoms with Gasteiger partial charge in [0.15, 0.2) is 8.32 Å². The van der Waals surface area contributed by atoms with E-state index in [-0.39, 0.29) is 0 Å². The average Bonchev–Trinajstić information content (AvgIpc) is 2.45. The van der Waals surface area contributed by atoms with E-state index in [1.165, 1.54) is 24.9 Å². The first-order chi connectivity index (χ1) is 8.37. The summed E-state index contributed by atoms with van der Waals surface area (Å²) >= 11 is 0. The molecule has 3 unspecified atom stereocenters. The summed E-state index contributed by atoms with van der Waals surface area (Å²) in [6.07, 6.45) is 4.68. The molecule has 2 bridgehead atoms. The Kier molecular flexibility index (Phi) is 3.69. The molecule has 1 nitrogen and oxygen atoms in total. The van der Waals surface area contributed by atoms with Gasteiger partial charge in [0.1, 0.15) is 0 Å². The Bertz CT molecular complexity index is 356. The van der Waals surface area contributed by atoms with Crippen molar-refractivity contribution < 1.29 is 4.43 Å². The Hall–Kier alpha value is 0.394. The van der Waals surface area contributed by atoms with Crippen LogP contribution in [0.15, 0.2) is 0 Å². The lowest BCUT2D eigenvalue weighted by Crippen LogP contribution is -2.47. The predicted molar refractivity (Wildman–Crippen MR) is 89.7 cm³/mol. The first-order valence-corrected chi connectivity index (χ1v) is 14.9. The van der Waals surface area contributed by atoms with Gasteiger partial charge in [0, 0.05) is 8.07 Å². The first kappa shape index (κ1) is 15.8. The zero-order valence-electron chi connectivity index (χ0n) is 14.4. The summed E-state index contributed by atoms with van der Waals surface area (Å²) in [6, 6.07) is 0. The average molecular weight is 299 g/mol. The van der Waals surface area contributed by atoms with Crippen molar-refractivity contribution in [1.29, 1.82) is 0 Å². The van der Waals surface area contributed by atoms with Crippen LogP contribution in [0.3, 0.4) is 0 Å². The number of hydrogen-bond donors (Lipinski definition) is 0. The van der Waals surface area contributed by atoms with Gasteiger partial charge >= 0.3 is 0 Å². The van der Waals surface area contributed by atoms with E-state index in [0.29, 0.717) is 16.9 Å². The molecule has 0 spiro atoms. The third kappa shape index (κ3) is 2.75. The lowest BCUT2D eigenvalue weighted by Gasteiger charge is -2.43. The van der Waals surface area contributed by atoms with Crippen LogP contribution >= 0.6 is 0 Å². The van der Waals surface area contributed by atoms with E-state index in [9.17, 15) is 0 Å². The largest absolute Gasteiger partial charge is 0.414 e. The van der Waals surface area contributed by atoms with E-state index in [1.807, 2.05) is 0 Å². The Morgan fingerprint density at radius 2 is 1.63 bits per heavy atom. The molecule has 3 heteroatoms. The van der Waals surface area contributed by atoms with Crippen LogP contribution in [0.2, 0.25) is 38.4 Å². The van der Waals surface area contributed by atoms with Crippen LogP contribution in [0.25, 0.3) is 0 Å². The second kappa shape index (κ2) is 4.44. The van der Waals surface area contributed by atoms with Gasteiger partial charge in [0.05, 0.1) is 6.10 Å². The van der Waals surface area contributed by atoms with Crippen molar-refractivity contribution >= 4 is 16.4 Å². The molecule has 0 saturated heterocycles. The smallest absolute Gasteiger partial charge is 0.184 e. The third-order valence-corrected chi connectivity index (χ3v) is 14.7. The SMILES string of the molecule is CC1(C)C2CCC1(C)C(O[Si](C)(C)C[Si](C)(C)C)C2. The molecule has 2 fully saturated rings. The van der Waals surface area contributed by atoms with Crippen molar-refractivity contribution in [3.05, 3.63) is 0 Å². The van der Waals surface area contributed by atoms with Gasteiger partial charge in [-0.05, 0) is 54.8 Å². The number of rotatable bonds is 4. The lowest BCUT2D eigenvalue weighted by molar-refractivity contribution is 0.0247. The molecule has 3 atom stereocenters. The summed E-state index contributed by atoms with van der Waals surface area (Å²) in [5, 5.41) is 0. The Labute approximate surface area is 122 Å². The van der Waals surface area contributed by atoms with Gasteiger partial charge in [0.25, 0.3) is 0 Å². The topological polar surface area (TPSA) is 9.23 Å². The molecule has 112 valence electrons. The van der Waals surface area contributed by atoms with Crippen molar-refractivity contribution in [3.63, 3.8) is 0 Å². The molecule has 0 amide bonds. The normalized spacial score (nSPS) is 37.9. The van der Waals surface area contributed by atoms with E-state index >= 15 is 0 Å². The van der Waals surface area contributed by atoms with Gasteiger partial charge in [-0.3, -0.25) is 0 Å². The van der Waals surface area contributed by atoms with Crippen LogP contribution in [0.4, 0.5) is 0 Å². The molecule has 0 aromatic carbocycles. The summed E-state index contributed by atoms with van der Waals surface area (Å²) in [5.41, 5.74) is 2.32.